The Labute approximate surface area is 227 Å². The molecule has 0 spiro atoms. The molecule has 0 saturated carbocycles. The van der Waals surface area contributed by atoms with Crippen molar-refractivity contribution in [1.82, 2.24) is 19.8 Å². The number of hydrogen-bond acceptors (Lipinski definition) is 8. The predicted molar refractivity (Wildman–Crippen MR) is 143 cm³/mol. The predicted octanol–water partition coefficient (Wildman–Crippen LogP) is 3.40. The van der Waals surface area contributed by atoms with Crippen LogP contribution in [0.3, 0.4) is 0 Å². The maximum atomic E-state index is 12.9. The molecule has 3 aromatic rings. The zero-order valence-electron chi connectivity index (χ0n) is 22.7. The Balaban J connectivity index is 1.32. The SMILES string of the molecule is COc1ccc2nc(CN3C(=O)c4ccccc4C3=O)n(CCOCCOCCNC(=O)OC(C)(C)C)c2c1. The number of imidazole rings is 1. The molecule has 4 rings (SSSR count). The smallest absolute Gasteiger partial charge is 0.407 e. The Hall–Kier alpha value is -3.96. The first-order valence-electron chi connectivity index (χ1n) is 12.8. The van der Waals surface area contributed by atoms with E-state index in [2.05, 4.69) is 5.32 Å². The number of hydrogen-bond donors (Lipinski definition) is 1. The Morgan fingerprint density at radius 2 is 1.62 bits per heavy atom. The average molecular weight is 539 g/mol. The number of nitrogens with one attached hydrogen (secondary N) is 1. The van der Waals surface area contributed by atoms with Crippen molar-refractivity contribution < 1.29 is 33.3 Å². The number of alkyl carbamates (subject to hydrolysis) is 1. The van der Waals surface area contributed by atoms with Crippen LogP contribution in [-0.2, 0) is 27.3 Å². The van der Waals surface area contributed by atoms with Crippen LogP contribution in [-0.4, -0.2) is 78.0 Å². The van der Waals surface area contributed by atoms with Crippen LogP contribution >= 0.6 is 0 Å². The highest BCUT2D eigenvalue weighted by Crippen LogP contribution is 2.27. The van der Waals surface area contributed by atoms with E-state index in [4.69, 9.17) is 23.9 Å². The Bertz CT molecular complexity index is 1310. The largest absolute Gasteiger partial charge is 0.497 e. The first-order chi connectivity index (χ1) is 18.7. The molecular weight excluding hydrogens is 504 g/mol. The molecule has 1 aliphatic heterocycles. The van der Waals surface area contributed by atoms with E-state index >= 15 is 0 Å². The fraction of sp³-hybridized carbons (Fsp3) is 0.429. The number of imide groups is 1. The maximum absolute atomic E-state index is 12.9. The fourth-order valence-corrected chi connectivity index (χ4v) is 4.19. The van der Waals surface area contributed by atoms with Crippen LogP contribution in [0.2, 0.25) is 0 Å². The third kappa shape index (κ3) is 6.92. The number of carbonyl (C=O) groups excluding carboxylic acids is 3. The molecule has 208 valence electrons. The Morgan fingerprint density at radius 3 is 2.26 bits per heavy atom. The van der Waals surface area contributed by atoms with Gasteiger partial charge >= 0.3 is 6.09 Å². The van der Waals surface area contributed by atoms with E-state index < -0.39 is 11.7 Å². The van der Waals surface area contributed by atoms with Gasteiger partial charge in [-0.05, 0) is 45.0 Å². The van der Waals surface area contributed by atoms with Gasteiger partial charge in [0.1, 0.15) is 17.2 Å². The van der Waals surface area contributed by atoms with Crippen molar-refractivity contribution in [2.45, 2.75) is 39.5 Å². The van der Waals surface area contributed by atoms with E-state index in [0.717, 1.165) is 11.0 Å². The third-order valence-corrected chi connectivity index (χ3v) is 5.96. The number of rotatable bonds is 12. The Morgan fingerprint density at radius 1 is 0.949 bits per heavy atom. The average Bonchev–Trinajstić information content (AvgIpc) is 3.36. The first-order valence-corrected chi connectivity index (χ1v) is 12.8. The summed E-state index contributed by atoms with van der Waals surface area (Å²) in [7, 11) is 1.59. The molecule has 1 aromatic heterocycles. The lowest BCUT2D eigenvalue weighted by atomic mass is 10.1. The molecule has 0 bridgehead atoms. The lowest BCUT2D eigenvalue weighted by Gasteiger charge is -2.19. The molecule has 0 fully saturated rings. The summed E-state index contributed by atoms with van der Waals surface area (Å²) in [6.07, 6.45) is -0.483. The van der Waals surface area contributed by atoms with Gasteiger partial charge in [-0.1, -0.05) is 12.1 Å². The van der Waals surface area contributed by atoms with Crippen LogP contribution in [0.15, 0.2) is 42.5 Å². The molecule has 2 aromatic carbocycles. The van der Waals surface area contributed by atoms with Crippen LogP contribution < -0.4 is 10.1 Å². The van der Waals surface area contributed by atoms with E-state index in [-0.39, 0.29) is 18.4 Å². The maximum Gasteiger partial charge on any atom is 0.407 e. The molecule has 3 amide bonds. The molecule has 1 N–H and O–H groups in total. The molecule has 0 aliphatic carbocycles. The number of ether oxygens (including phenoxy) is 4. The number of amides is 3. The van der Waals surface area contributed by atoms with Crippen LogP contribution in [0.25, 0.3) is 11.0 Å². The second-order valence-corrected chi connectivity index (χ2v) is 9.93. The van der Waals surface area contributed by atoms with Crippen LogP contribution in [0, 0.1) is 0 Å². The molecular formula is C28H34N4O7. The summed E-state index contributed by atoms with van der Waals surface area (Å²) in [6.45, 7) is 7.63. The summed E-state index contributed by atoms with van der Waals surface area (Å²) in [6, 6.07) is 12.3. The van der Waals surface area contributed by atoms with E-state index in [9.17, 15) is 14.4 Å². The lowest BCUT2D eigenvalue weighted by molar-refractivity contribution is 0.0382. The van der Waals surface area contributed by atoms with Gasteiger partial charge in [-0.15, -0.1) is 0 Å². The number of fused-ring (bicyclic) bond motifs is 2. The lowest BCUT2D eigenvalue weighted by Crippen LogP contribution is -2.34. The number of carbonyl (C=O) groups is 3. The molecule has 0 atom stereocenters. The second kappa shape index (κ2) is 12.3. The van der Waals surface area contributed by atoms with Gasteiger partial charge in [0.25, 0.3) is 11.8 Å². The van der Waals surface area contributed by atoms with Crippen LogP contribution in [0.5, 0.6) is 5.75 Å². The standard InChI is InChI=1S/C28H34N4O7/c1-28(2,3)39-27(35)29-11-13-37-15-16-38-14-12-31-23-17-19(36-4)9-10-22(23)30-24(31)18-32-25(33)20-7-5-6-8-21(20)26(32)34/h5-10,17H,11-16,18H2,1-4H3,(H,29,35). The van der Waals surface area contributed by atoms with Crippen molar-refractivity contribution in [3.63, 3.8) is 0 Å². The van der Waals surface area contributed by atoms with Gasteiger partial charge in [-0.2, -0.15) is 0 Å². The van der Waals surface area contributed by atoms with E-state index in [1.807, 2.05) is 22.8 Å². The number of benzene rings is 2. The number of aromatic nitrogens is 2. The van der Waals surface area contributed by atoms with E-state index in [1.54, 1.807) is 52.1 Å². The number of methoxy groups -OCH3 is 1. The zero-order valence-corrected chi connectivity index (χ0v) is 22.7. The molecule has 11 heteroatoms. The first kappa shape index (κ1) is 28.1. The van der Waals surface area contributed by atoms with Crippen molar-refractivity contribution in [3.05, 3.63) is 59.4 Å². The minimum absolute atomic E-state index is 0.0388. The monoisotopic (exact) mass is 538 g/mol. The highest BCUT2D eigenvalue weighted by molar-refractivity contribution is 6.21. The van der Waals surface area contributed by atoms with Gasteiger partial charge < -0.3 is 28.8 Å². The summed E-state index contributed by atoms with van der Waals surface area (Å²) >= 11 is 0. The minimum Gasteiger partial charge on any atom is -0.497 e. The molecule has 0 unspecified atom stereocenters. The van der Waals surface area contributed by atoms with Crippen molar-refractivity contribution in [1.29, 1.82) is 0 Å². The fourth-order valence-electron chi connectivity index (χ4n) is 4.19. The summed E-state index contributed by atoms with van der Waals surface area (Å²) in [5.41, 5.74) is 1.79. The van der Waals surface area contributed by atoms with Gasteiger partial charge in [0.2, 0.25) is 0 Å². The van der Waals surface area contributed by atoms with Crippen molar-refractivity contribution in [2.75, 3.05) is 40.1 Å². The Kier molecular flexibility index (Phi) is 8.82. The van der Waals surface area contributed by atoms with Crippen molar-refractivity contribution in [3.8, 4) is 5.75 Å². The summed E-state index contributed by atoms with van der Waals surface area (Å²) in [5.74, 6) is 0.578. The molecule has 11 nitrogen and oxygen atoms in total. The molecule has 1 aliphatic rings. The summed E-state index contributed by atoms with van der Waals surface area (Å²) in [5, 5.41) is 2.63. The van der Waals surface area contributed by atoms with Gasteiger partial charge in [0.05, 0.1) is 62.2 Å². The highest BCUT2D eigenvalue weighted by atomic mass is 16.6. The number of nitrogens with zero attached hydrogens (tertiary/aromatic N) is 3. The second-order valence-electron chi connectivity index (χ2n) is 9.93. The molecule has 39 heavy (non-hydrogen) atoms. The van der Waals surface area contributed by atoms with E-state index in [0.29, 0.717) is 62.2 Å². The normalized spacial score (nSPS) is 13.2. The third-order valence-electron chi connectivity index (χ3n) is 5.96. The van der Waals surface area contributed by atoms with Crippen LogP contribution in [0.1, 0.15) is 47.3 Å². The van der Waals surface area contributed by atoms with E-state index in [1.165, 1.54) is 4.90 Å². The summed E-state index contributed by atoms with van der Waals surface area (Å²) in [4.78, 5) is 43.4. The quantitative estimate of drug-likeness (QED) is 0.275. The van der Waals surface area contributed by atoms with Crippen LogP contribution in [0.4, 0.5) is 4.79 Å². The topological polar surface area (TPSA) is 121 Å². The highest BCUT2D eigenvalue weighted by Gasteiger charge is 2.36. The summed E-state index contributed by atoms with van der Waals surface area (Å²) < 4.78 is 23.8. The van der Waals surface area contributed by atoms with Gasteiger partial charge in [-0.3, -0.25) is 14.5 Å². The zero-order chi connectivity index (χ0) is 28.0. The van der Waals surface area contributed by atoms with Crippen molar-refractivity contribution in [2.24, 2.45) is 0 Å². The minimum atomic E-state index is -0.547. The van der Waals surface area contributed by atoms with Gasteiger partial charge in [-0.25, -0.2) is 9.78 Å². The molecule has 0 saturated heterocycles. The molecule has 2 heterocycles. The van der Waals surface area contributed by atoms with Crippen molar-refractivity contribution >= 4 is 28.9 Å². The molecule has 0 radical (unpaired) electrons. The van der Waals surface area contributed by atoms with Gasteiger partial charge in [0, 0.05) is 19.2 Å². The van der Waals surface area contributed by atoms with Gasteiger partial charge in [0.15, 0.2) is 0 Å².